The van der Waals surface area contributed by atoms with Crippen LogP contribution in [0.4, 0.5) is 0 Å². The van der Waals surface area contributed by atoms with Gasteiger partial charge in [-0.25, -0.2) is 0 Å². The summed E-state index contributed by atoms with van der Waals surface area (Å²) in [5, 5.41) is 10.5. The fourth-order valence-corrected chi connectivity index (χ4v) is 1.48. The summed E-state index contributed by atoms with van der Waals surface area (Å²) in [7, 11) is 0. The Labute approximate surface area is 96.4 Å². The van der Waals surface area contributed by atoms with Crippen molar-refractivity contribution in [3.63, 3.8) is 0 Å². The monoisotopic (exact) mass is 210 g/mol. The van der Waals surface area contributed by atoms with Gasteiger partial charge >= 0.3 is 0 Å². The van der Waals surface area contributed by atoms with Crippen molar-refractivity contribution in [1.82, 2.24) is 0 Å². The molecule has 1 N–H and O–H groups in total. The number of terminal acetylenes is 1. The van der Waals surface area contributed by atoms with Crippen LogP contribution in [0.2, 0.25) is 0 Å². The largest absolute Gasteiger partial charge is 0.369 e. The van der Waals surface area contributed by atoms with Gasteiger partial charge in [0.15, 0.2) is 5.60 Å². The van der Waals surface area contributed by atoms with Crippen molar-refractivity contribution in [3.8, 4) is 12.3 Å². The highest BCUT2D eigenvalue weighted by molar-refractivity contribution is 5.46. The smallest absolute Gasteiger partial charge is 0.176 e. The summed E-state index contributed by atoms with van der Waals surface area (Å²) < 4.78 is 0. The van der Waals surface area contributed by atoms with Crippen molar-refractivity contribution in [3.05, 3.63) is 72.9 Å². The third-order valence-corrected chi connectivity index (χ3v) is 2.34. The lowest BCUT2D eigenvalue weighted by atomic mass is 9.86. The Morgan fingerprint density at radius 3 is 2.38 bits per heavy atom. The molecule has 1 unspecified atom stereocenters. The highest BCUT2D eigenvalue weighted by Crippen LogP contribution is 2.29. The molecule has 0 bridgehead atoms. The average Bonchev–Trinajstić information content (AvgIpc) is 2.36. The Hall–Kier alpha value is -2.04. The molecule has 0 fully saturated rings. The van der Waals surface area contributed by atoms with E-state index >= 15 is 0 Å². The minimum atomic E-state index is -1.45. The zero-order chi connectivity index (χ0) is 12.0. The molecule has 0 radical (unpaired) electrons. The van der Waals surface area contributed by atoms with Crippen LogP contribution < -0.4 is 0 Å². The van der Waals surface area contributed by atoms with E-state index in [4.69, 9.17) is 6.42 Å². The Bertz CT molecular complexity index is 448. The highest BCUT2D eigenvalue weighted by atomic mass is 16.3. The molecule has 0 aliphatic rings. The van der Waals surface area contributed by atoms with E-state index in [1.54, 1.807) is 24.3 Å². The Kier molecular flexibility index (Phi) is 3.88. The van der Waals surface area contributed by atoms with E-state index in [1.807, 2.05) is 18.2 Å². The molecule has 16 heavy (non-hydrogen) atoms. The fraction of sp³-hybridized carbons (Fsp3) is 0.0667. The predicted molar refractivity (Wildman–Crippen MR) is 67.6 cm³/mol. The standard InChI is InChI=1S/C15H14O/c1-4-10-13(5-2)15(16,6-3)14-11-8-7-9-12-14/h3-5,7-12,16H,1-2H2/b13-10+. The van der Waals surface area contributed by atoms with Gasteiger partial charge in [0.1, 0.15) is 0 Å². The van der Waals surface area contributed by atoms with Gasteiger partial charge in [0.25, 0.3) is 0 Å². The summed E-state index contributed by atoms with van der Waals surface area (Å²) in [6, 6.07) is 9.07. The summed E-state index contributed by atoms with van der Waals surface area (Å²) in [5.74, 6) is 2.40. The van der Waals surface area contributed by atoms with Gasteiger partial charge in [0.2, 0.25) is 0 Å². The van der Waals surface area contributed by atoms with Crippen LogP contribution in [-0.2, 0) is 5.60 Å². The summed E-state index contributed by atoms with van der Waals surface area (Å²) in [5.41, 5.74) is -0.265. The van der Waals surface area contributed by atoms with Crippen molar-refractivity contribution in [2.45, 2.75) is 5.60 Å². The first-order valence-corrected chi connectivity index (χ1v) is 4.90. The summed E-state index contributed by atoms with van der Waals surface area (Å²) in [6.45, 7) is 7.23. The van der Waals surface area contributed by atoms with E-state index in [1.165, 1.54) is 6.08 Å². The number of allylic oxidation sites excluding steroid dienone is 2. The van der Waals surface area contributed by atoms with Crippen LogP contribution in [0.15, 0.2) is 67.3 Å². The number of aliphatic hydroxyl groups is 1. The van der Waals surface area contributed by atoms with Gasteiger partial charge in [0.05, 0.1) is 0 Å². The Morgan fingerprint density at radius 2 is 1.94 bits per heavy atom. The zero-order valence-electron chi connectivity index (χ0n) is 9.06. The van der Waals surface area contributed by atoms with Crippen LogP contribution in [0.3, 0.4) is 0 Å². The molecule has 0 saturated heterocycles. The first-order valence-electron chi connectivity index (χ1n) is 4.90. The summed E-state index contributed by atoms with van der Waals surface area (Å²) >= 11 is 0. The van der Waals surface area contributed by atoms with Crippen molar-refractivity contribution < 1.29 is 5.11 Å². The molecule has 0 spiro atoms. The molecular formula is C15H14O. The van der Waals surface area contributed by atoms with E-state index < -0.39 is 5.60 Å². The van der Waals surface area contributed by atoms with Gasteiger partial charge in [-0.15, -0.1) is 6.42 Å². The third kappa shape index (κ3) is 2.13. The maximum Gasteiger partial charge on any atom is 0.176 e. The van der Waals surface area contributed by atoms with E-state index in [2.05, 4.69) is 19.1 Å². The summed E-state index contributed by atoms with van der Waals surface area (Å²) in [6.07, 6.45) is 10.2. The van der Waals surface area contributed by atoms with Crippen LogP contribution in [0.25, 0.3) is 0 Å². The molecule has 1 nitrogen and oxygen atoms in total. The van der Waals surface area contributed by atoms with Crippen molar-refractivity contribution >= 4 is 0 Å². The number of hydrogen-bond donors (Lipinski definition) is 1. The molecular weight excluding hydrogens is 196 g/mol. The van der Waals surface area contributed by atoms with Crippen LogP contribution in [0, 0.1) is 12.3 Å². The second-order valence-corrected chi connectivity index (χ2v) is 3.28. The minimum Gasteiger partial charge on any atom is -0.369 e. The van der Waals surface area contributed by atoms with Gasteiger partial charge in [-0.3, -0.25) is 0 Å². The zero-order valence-corrected chi connectivity index (χ0v) is 9.06. The quantitative estimate of drug-likeness (QED) is 0.598. The topological polar surface area (TPSA) is 20.2 Å². The lowest BCUT2D eigenvalue weighted by Crippen LogP contribution is -2.25. The minimum absolute atomic E-state index is 0.538. The van der Waals surface area contributed by atoms with Crippen molar-refractivity contribution in [2.24, 2.45) is 0 Å². The first-order chi connectivity index (χ1) is 7.69. The molecule has 0 amide bonds. The average molecular weight is 210 g/mol. The molecule has 1 rings (SSSR count). The second kappa shape index (κ2) is 5.16. The van der Waals surface area contributed by atoms with E-state index in [-0.39, 0.29) is 0 Å². The van der Waals surface area contributed by atoms with Gasteiger partial charge in [0, 0.05) is 5.56 Å². The third-order valence-electron chi connectivity index (χ3n) is 2.34. The van der Waals surface area contributed by atoms with Gasteiger partial charge in [-0.1, -0.05) is 67.6 Å². The van der Waals surface area contributed by atoms with Crippen molar-refractivity contribution in [2.75, 3.05) is 0 Å². The van der Waals surface area contributed by atoms with Crippen molar-refractivity contribution in [1.29, 1.82) is 0 Å². The normalized spacial score (nSPS) is 14.6. The maximum absolute atomic E-state index is 10.5. The molecule has 0 aromatic heterocycles. The first kappa shape index (κ1) is 12.0. The molecule has 0 aliphatic heterocycles. The van der Waals surface area contributed by atoms with Crippen LogP contribution in [0.5, 0.6) is 0 Å². The Morgan fingerprint density at radius 1 is 1.31 bits per heavy atom. The molecule has 0 heterocycles. The molecule has 1 heteroatoms. The van der Waals surface area contributed by atoms with E-state index in [0.717, 1.165) is 0 Å². The number of hydrogen-bond acceptors (Lipinski definition) is 1. The molecule has 1 aromatic carbocycles. The van der Waals surface area contributed by atoms with Crippen LogP contribution in [0.1, 0.15) is 5.56 Å². The predicted octanol–water partition coefficient (Wildman–Crippen LogP) is 2.81. The van der Waals surface area contributed by atoms with E-state index in [0.29, 0.717) is 11.1 Å². The molecule has 0 saturated carbocycles. The molecule has 1 atom stereocenters. The van der Waals surface area contributed by atoms with Crippen LogP contribution in [-0.4, -0.2) is 5.11 Å². The molecule has 80 valence electrons. The Balaban J connectivity index is 3.33. The lowest BCUT2D eigenvalue weighted by Gasteiger charge is -2.23. The molecule has 1 aromatic rings. The van der Waals surface area contributed by atoms with Crippen LogP contribution >= 0.6 is 0 Å². The lowest BCUT2D eigenvalue weighted by molar-refractivity contribution is 0.145. The maximum atomic E-state index is 10.5. The van der Waals surface area contributed by atoms with E-state index in [9.17, 15) is 5.11 Å². The highest BCUT2D eigenvalue weighted by Gasteiger charge is 2.29. The molecule has 0 aliphatic carbocycles. The van der Waals surface area contributed by atoms with Gasteiger partial charge < -0.3 is 5.11 Å². The van der Waals surface area contributed by atoms with Gasteiger partial charge in [-0.2, -0.15) is 0 Å². The number of benzene rings is 1. The second-order valence-electron chi connectivity index (χ2n) is 3.28. The number of rotatable bonds is 4. The fourth-order valence-electron chi connectivity index (χ4n) is 1.48. The SMILES string of the molecule is C#CC(O)(/C(C=C)=C/C=C)c1ccccc1. The van der Waals surface area contributed by atoms with Gasteiger partial charge in [-0.05, 0) is 5.57 Å². The summed E-state index contributed by atoms with van der Waals surface area (Å²) in [4.78, 5) is 0.